The molecule has 0 saturated carbocycles. The summed E-state index contributed by atoms with van der Waals surface area (Å²) in [4.78, 5) is 1.50. The van der Waals surface area contributed by atoms with E-state index < -0.39 is 0 Å². The van der Waals surface area contributed by atoms with Crippen LogP contribution in [0.15, 0.2) is 11.4 Å². The van der Waals surface area contributed by atoms with Gasteiger partial charge in [-0.05, 0) is 49.7 Å². The van der Waals surface area contributed by atoms with E-state index in [-0.39, 0.29) is 5.60 Å². The molecule has 2 unspecified atom stereocenters. The van der Waals surface area contributed by atoms with Crippen LogP contribution >= 0.6 is 11.3 Å². The van der Waals surface area contributed by atoms with Crippen LogP contribution in [0, 0.1) is 0 Å². The van der Waals surface area contributed by atoms with Crippen molar-refractivity contribution in [2.24, 2.45) is 0 Å². The molecule has 2 nitrogen and oxygen atoms in total. The maximum atomic E-state index is 6.13. The highest BCUT2D eigenvalue weighted by atomic mass is 32.1. The Morgan fingerprint density at radius 3 is 3.40 bits per heavy atom. The maximum absolute atomic E-state index is 6.13. The highest BCUT2D eigenvalue weighted by Gasteiger charge is 2.41. The summed E-state index contributed by atoms with van der Waals surface area (Å²) in [7, 11) is 0. The molecule has 15 heavy (non-hydrogen) atoms. The largest absolute Gasteiger partial charge is 0.369 e. The van der Waals surface area contributed by atoms with Crippen molar-refractivity contribution < 1.29 is 4.74 Å². The van der Waals surface area contributed by atoms with Gasteiger partial charge in [-0.2, -0.15) is 0 Å². The molecule has 2 aliphatic heterocycles. The van der Waals surface area contributed by atoms with Gasteiger partial charge in [0.15, 0.2) is 0 Å². The van der Waals surface area contributed by atoms with E-state index in [9.17, 15) is 0 Å². The number of ether oxygens (including phenoxy) is 1. The highest BCUT2D eigenvalue weighted by Crippen LogP contribution is 2.43. The second-order valence-electron chi connectivity index (χ2n) is 4.68. The normalized spacial score (nSPS) is 35.4. The zero-order chi connectivity index (χ0) is 10.3. The predicted molar refractivity (Wildman–Crippen MR) is 62.4 cm³/mol. The smallest absolute Gasteiger partial charge is 0.105 e. The quantitative estimate of drug-likeness (QED) is 0.728. The van der Waals surface area contributed by atoms with Crippen molar-refractivity contribution in [2.75, 3.05) is 13.2 Å². The second kappa shape index (κ2) is 3.58. The molecule has 1 spiro atoms. The Balaban J connectivity index is 1.99. The van der Waals surface area contributed by atoms with Crippen LogP contribution in [0.4, 0.5) is 0 Å². The molecule has 0 aromatic carbocycles. The average molecular weight is 223 g/mol. The fourth-order valence-electron chi connectivity index (χ4n) is 2.88. The van der Waals surface area contributed by atoms with Crippen LogP contribution in [0.3, 0.4) is 0 Å². The fraction of sp³-hybridized carbons (Fsp3) is 0.667. The first-order valence-corrected chi connectivity index (χ1v) is 6.62. The molecule has 0 radical (unpaired) electrons. The first-order chi connectivity index (χ1) is 7.30. The van der Waals surface area contributed by atoms with E-state index in [1.165, 1.54) is 10.4 Å². The molecule has 0 aliphatic carbocycles. The van der Waals surface area contributed by atoms with Crippen LogP contribution < -0.4 is 5.32 Å². The number of piperidine rings is 1. The Bertz CT molecular complexity index is 362. The van der Waals surface area contributed by atoms with Gasteiger partial charge in [-0.3, -0.25) is 0 Å². The van der Waals surface area contributed by atoms with E-state index in [4.69, 9.17) is 4.74 Å². The Morgan fingerprint density at radius 1 is 1.60 bits per heavy atom. The summed E-state index contributed by atoms with van der Waals surface area (Å²) in [5.41, 5.74) is 1.58. The molecule has 0 amide bonds. The number of hydrogen-bond acceptors (Lipinski definition) is 3. The first-order valence-electron chi connectivity index (χ1n) is 5.74. The molecule has 1 aromatic rings. The molecule has 2 atom stereocenters. The summed E-state index contributed by atoms with van der Waals surface area (Å²) in [6, 6.07) is 2.85. The van der Waals surface area contributed by atoms with E-state index in [1.54, 1.807) is 0 Å². The van der Waals surface area contributed by atoms with E-state index >= 15 is 0 Å². The molecular formula is C12H17NOS. The second-order valence-corrected chi connectivity index (χ2v) is 5.59. The van der Waals surface area contributed by atoms with Gasteiger partial charge in [-0.1, -0.05) is 0 Å². The van der Waals surface area contributed by atoms with Crippen LogP contribution in [-0.2, 0) is 16.8 Å². The molecule has 3 rings (SSSR count). The van der Waals surface area contributed by atoms with Crippen LogP contribution in [-0.4, -0.2) is 19.2 Å². The lowest BCUT2D eigenvalue weighted by molar-refractivity contribution is -0.0848. The SMILES string of the molecule is CC1CC2(CCN1)OCCc1ccsc12. The lowest BCUT2D eigenvalue weighted by Crippen LogP contribution is -2.48. The van der Waals surface area contributed by atoms with E-state index in [0.717, 1.165) is 32.4 Å². The van der Waals surface area contributed by atoms with Crippen molar-refractivity contribution in [3.05, 3.63) is 21.9 Å². The number of fused-ring (bicyclic) bond motifs is 2. The van der Waals surface area contributed by atoms with Gasteiger partial charge in [0.05, 0.1) is 6.61 Å². The molecule has 82 valence electrons. The summed E-state index contributed by atoms with van der Waals surface area (Å²) in [5, 5.41) is 5.72. The van der Waals surface area contributed by atoms with Gasteiger partial charge in [-0.15, -0.1) is 11.3 Å². The molecule has 1 N–H and O–H groups in total. The molecule has 3 heteroatoms. The van der Waals surface area contributed by atoms with E-state index in [1.807, 2.05) is 11.3 Å². The Morgan fingerprint density at radius 2 is 2.53 bits per heavy atom. The monoisotopic (exact) mass is 223 g/mol. The molecule has 2 aliphatic rings. The molecular weight excluding hydrogens is 206 g/mol. The molecule has 1 fully saturated rings. The molecule has 1 aromatic heterocycles. The zero-order valence-corrected chi connectivity index (χ0v) is 9.90. The Hall–Kier alpha value is -0.380. The number of rotatable bonds is 0. The summed E-state index contributed by atoms with van der Waals surface area (Å²) in [5.74, 6) is 0. The van der Waals surface area contributed by atoms with Gasteiger partial charge in [0.1, 0.15) is 5.60 Å². The van der Waals surface area contributed by atoms with Crippen LogP contribution in [0.25, 0.3) is 0 Å². The minimum Gasteiger partial charge on any atom is -0.369 e. The molecule has 0 bridgehead atoms. The lowest BCUT2D eigenvalue weighted by Gasteiger charge is -2.42. The third kappa shape index (κ3) is 1.53. The van der Waals surface area contributed by atoms with Crippen LogP contribution in [0.1, 0.15) is 30.2 Å². The maximum Gasteiger partial charge on any atom is 0.105 e. The number of nitrogens with one attached hydrogen (secondary N) is 1. The van der Waals surface area contributed by atoms with Gasteiger partial charge in [0, 0.05) is 10.9 Å². The average Bonchev–Trinajstić information content (AvgIpc) is 2.67. The summed E-state index contributed by atoms with van der Waals surface area (Å²) < 4.78 is 6.13. The van der Waals surface area contributed by atoms with Crippen molar-refractivity contribution in [3.8, 4) is 0 Å². The van der Waals surface area contributed by atoms with Crippen molar-refractivity contribution >= 4 is 11.3 Å². The summed E-state index contributed by atoms with van der Waals surface area (Å²) >= 11 is 1.88. The van der Waals surface area contributed by atoms with Crippen LogP contribution in [0.5, 0.6) is 0 Å². The minimum absolute atomic E-state index is 0.0480. The van der Waals surface area contributed by atoms with Gasteiger partial charge in [-0.25, -0.2) is 0 Å². The Labute approximate surface area is 94.6 Å². The van der Waals surface area contributed by atoms with Crippen LogP contribution in [0.2, 0.25) is 0 Å². The number of hydrogen-bond donors (Lipinski definition) is 1. The van der Waals surface area contributed by atoms with E-state index in [0.29, 0.717) is 6.04 Å². The first kappa shape index (κ1) is 9.82. The summed E-state index contributed by atoms with van der Waals surface area (Å²) in [6.07, 6.45) is 3.35. The standard InChI is InChI=1S/C12H17NOS/c1-9-8-12(4-5-13-9)11-10(2-6-14-12)3-7-15-11/h3,7,9,13H,2,4-6,8H2,1H3. The Kier molecular flexibility index (Phi) is 2.34. The predicted octanol–water partition coefficient (Wildman–Crippen LogP) is 2.29. The minimum atomic E-state index is 0.0480. The third-order valence-electron chi connectivity index (χ3n) is 3.57. The van der Waals surface area contributed by atoms with Crippen molar-refractivity contribution in [3.63, 3.8) is 0 Å². The lowest BCUT2D eigenvalue weighted by atomic mass is 9.83. The van der Waals surface area contributed by atoms with Crippen molar-refractivity contribution in [1.29, 1.82) is 0 Å². The van der Waals surface area contributed by atoms with Gasteiger partial charge >= 0.3 is 0 Å². The zero-order valence-electron chi connectivity index (χ0n) is 9.08. The van der Waals surface area contributed by atoms with Gasteiger partial charge < -0.3 is 10.1 Å². The molecule has 3 heterocycles. The third-order valence-corrected chi connectivity index (χ3v) is 4.71. The topological polar surface area (TPSA) is 21.3 Å². The summed E-state index contributed by atoms with van der Waals surface area (Å²) in [6.45, 7) is 4.24. The van der Waals surface area contributed by atoms with Crippen molar-refractivity contribution in [1.82, 2.24) is 5.32 Å². The number of thiophene rings is 1. The fourth-order valence-corrected chi connectivity index (χ4v) is 4.03. The highest BCUT2D eigenvalue weighted by molar-refractivity contribution is 7.10. The molecule has 1 saturated heterocycles. The van der Waals surface area contributed by atoms with E-state index in [2.05, 4.69) is 23.7 Å². The van der Waals surface area contributed by atoms with Gasteiger partial charge in [0.2, 0.25) is 0 Å². The van der Waals surface area contributed by atoms with Gasteiger partial charge in [0.25, 0.3) is 0 Å². The van der Waals surface area contributed by atoms with Crippen molar-refractivity contribution in [2.45, 2.75) is 37.8 Å².